The standard InChI is InChI=1S/C15H21FN2O/c1-11-9-13(5-6-14(11)16)10-17-12(2)15(19)18-7-3-4-8-18/h5-6,9,12,17H,3-4,7-8,10H2,1-2H3. The molecule has 1 aliphatic heterocycles. The second kappa shape index (κ2) is 6.15. The Morgan fingerprint density at radius 3 is 2.74 bits per heavy atom. The number of carbonyl (C=O) groups excluding carboxylic acids is 1. The Morgan fingerprint density at radius 2 is 2.11 bits per heavy atom. The first kappa shape index (κ1) is 14.0. The minimum absolute atomic E-state index is 0.163. The third-order valence-electron chi connectivity index (χ3n) is 3.62. The van der Waals surface area contributed by atoms with Crippen molar-refractivity contribution in [1.82, 2.24) is 10.2 Å². The van der Waals surface area contributed by atoms with Gasteiger partial charge in [-0.25, -0.2) is 4.39 Å². The first-order valence-corrected chi connectivity index (χ1v) is 6.85. The largest absolute Gasteiger partial charge is 0.341 e. The Balaban J connectivity index is 1.87. The van der Waals surface area contributed by atoms with E-state index in [4.69, 9.17) is 0 Å². The molecule has 104 valence electrons. The Kier molecular flexibility index (Phi) is 4.53. The monoisotopic (exact) mass is 264 g/mol. The van der Waals surface area contributed by atoms with Crippen molar-refractivity contribution in [2.24, 2.45) is 0 Å². The number of hydrogen-bond acceptors (Lipinski definition) is 2. The zero-order valence-corrected chi connectivity index (χ0v) is 11.6. The van der Waals surface area contributed by atoms with E-state index in [0.29, 0.717) is 12.1 Å². The van der Waals surface area contributed by atoms with Gasteiger partial charge >= 0.3 is 0 Å². The SMILES string of the molecule is Cc1cc(CNC(C)C(=O)N2CCCC2)ccc1F. The lowest BCUT2D eigenvalue weighted by Crippen LogP contribution is -2.43. The summed E-state index contributed by atoms with van der Waals surface area (Å²) in [5, 5.41) is 3.21. The van der Waals surface area contributed by atoms with Crippen LogP contribution in [-0.4, -0.2) is 29.9 Å². The summed E-state index contributed by atoms with van der Waals surface area (Å²) < 4.78 is 13.1. The summed E-state index contributed by atoms with van der Waals surface area (Å²) in [6.45, 7) is 5.97. The minimum atomic E-state index is -0.191. The maximum absolute atomic E-state index is 13.1. The van der Waals surface area contributed by atoms with Gasteiger partial charge in [-0.1, -0.05) is 12.1 Å². The maximum Gasteiger partial charge on any atom is 0.239 e. The lowest BCUT2D eigenvalue weighted by atomic mass is 10.1. The molecule has 0 radical (unpaired) electrons. The second-order valence-electron chi connectivity index (χ2n) is 5.22. The molecule has 1 atom stereocenters. The molecule has 3 nitrogen and oxygen atoms in total. The fraction of sp³-hybridized carbons (Fsp3) is 0.533. The molecule has 0 aliphatic carbocycles. The third-order valence-corrected chi connectivity index (χ3v) is 3.62. The van der Waals surface area contributed by atoms with Gasteiger partial charge in [-0.05, 0) is 43.9 Å². The van der Waals surface area contributed by atoms with Crippen LogP contribution in [0.15, 0.2) is 18.2 Å². The lowest BCUT2D eigenvalue weighted by Gasteiger charge is -2.21. The molecule has 0 spiro atoms. The Bertz CT molecular complexity index is 455. The van der Waals surface area contributed by atoms with E-state index in [1.165, 1.54) is 6.07 Å². The van der Waals surface area contributed by atoms with E-state index < -0.39 is 0 Å². The predicted octanol–water partition coefficient (Wildman–Crippen LogP) is 2.23. The van der Waals surface area contributed by atoms with Crippen LogP contribution >= 0.6 is 0 Å². The second-order valence-corrected chi connectivity index (χ2v) is 5.22. The Morgan fingerprint density at radius 1 is 1.42 bits per heavy atom. The van der Waals surface area contributed by atoms with E-state index in [2.05, 4.69) is 5.32 Å². The summed E-state index contributed by atoms with van der Waals surface area (Å²) in [7, 11) is 0. The van der Waals surface area contributed by atoms with E-state index in [0.717, 1.165) is 31.5 Å². The smallest absolute Gasteiger partial charge is 0.239 e. The summed E-state index contributed by atoms with van der Waals surface area (Å²) in [5.74, 6) is -0.0266. The van der Waals surface area contributed by atoms with Gasteiger partial charge in [-0.2, -0.15) is 0 Å². The van der Waals surface area contributed by atoms with E-state index in [1.54, 1.807) is 13.0 Å². The highest BCUT2D eigenvalue weighted by molar-refractivity contribution is 5.81. The predicted molar refractivity (Wildman–Crippen MR) is 73.3 cm³/mol. The van der Waals surface area contributed by atoms with E-state index in [1.807, 2.05) is 17.9 Å². The normalized spacial score (nSPS) is 16.7. The van der Waals surface area contributed by atoms with Crippen LogP contribution in [0.3, 0.4) is 0 Å². The quantitative estimate of drug-likeness (QED) is 0.904. The van der Waals surface area contributed by atoms with Crippen molar-refractivity contribution < 1.29 is 9.18 Å². The molecular formula is C15H21FN2O. The number of hydrogen-bond donors (Lipinski definition) is 1. The van der Waals surface area contributed by atoms with Crippen LogP contribution in [0.2, 0.25) is 0 Å². The van der Waals surface area contributed by atoms with Crippen LogP contribution in [0, 0.1) is 12.7 Å². The van der Waals surface area contributed by atoms with Crippen molar-refractivity contribution in [1.29, 1.82) is 0 Å². The van der Waals surface area contributed by atoms with Crippen molar-refractivity contribution in [2.75, 3.05) is 13.1 Å². The highest BCUT2D eigenvalue weighted by Gasteiger charge is 2.22. The van der Waals surface area contributed by atoms with Crippen LogP contribution in [0.5, 0.6) is 0 Å². The number of halogens is 1. The van der Waals surface area contributed by atoms with Crippen LogP contribution in [-0.2, 0) is 11.3 Å². The van der Waals surface area contributed by atoms with Gasteiger partial charge in [0.25, 0.3) is 0 Å². The number of rotatable bonds is 4. The van der Waals surface area contributed by atoms with Crippen molar-refractivity contribution in [3.63, 3.8) is 0 Å². The number of benzene rings is 1. The van der Waals surface area contributed by atoms with Crippen LogP contribution in [0.1, 0.15) is 30.9 Å². The van der Waals surface area contributed by atoms with Crippen molar-refractivity contribution in [2.45, 2.75) is 39.3 Å². The molecule has 1 aromatic carbocycles. The number of nitrogens with one attached hydrogen (secondary N) is 1. The van der Waals surface area contributed by atoms with Gasteiger partial charge in [0.1, 0.15) is 5.82 Å². The van der Waals surface area contributed by atoms with Gasteiger partial charge in [-0.3, -0.25) is 4.79 Å². The number of carbonyl (C=O) groups is 1. The molecule has 0 bridgehead atoms. The average Bonchev–Trinajstić information content (AvgIpc) is 2.93. The molecule has 1 aromatic rings. The van der Waals surface area contributed by atoms with Gasteiger partial charge in [0, 0.05) is 19.6 Å². The summed E-state index contributed by atoms with van der Waals surface area (Å²) >= 11 is 0. The molecule has 0 saturated carbocycles. The molecular weight excluding hydrogens is 243 g/mol. The van der Waals surface area contributed by atoms with Crippen LogP contribution < -0.4 is 5.32 Å². The van der Waals surface area contributed by atoms with Gasteiger partial charge in [0.05, 0.1) is 6.04 Å². The number of amides is 1. The average molecular weight is 264 g/mol. The number of likely N-dealkylation sites (tertiary alicyclic amines) is 1. The van der Waals surface area contributed by atoms with Crippen molar-refractivity contribution in [3.8, 4) is 0 Å². The molecule has 0 aromatic heterocycles. The van der Waals surface area contributed by atoms with Gasteiger partial charge in [-0.15, -0.1) is 0 Å². The summed E-state index contributed by atoms with van der Waals surface area (Å²) in [4.78, 5) is 14.0. The van der Waals surface area contributed by atoms with E-state index in [9.17, 15) is 9.18 Å². The van der Waals surface area contributed by atoms with Gasteiger partial charge in [0.2, 0.25) is 5.91 Å². The van der Waals surface area contributed by atoms with Gasteiger partial charge in [0.15, 0.2) is 0 Å². The summed E-state index contributed by atoms with van der Waals surface area (Å²) in [6, 6.07) is 4.85. The molecule has 1 fully saturated rings. The number of nitrogens with zero attached hydrogens (tertiary/aromatic N) is 1. The van der Waals surface area contributed by atoms with Crippen molar-refractivity contribution >= 4 is 5.91 Å². The fourth-order valence-corrected chi connectivity index (χ4v) is 2.39. The van der Waals surface area contributed by atoms with E-state index >= 15 is 0 Å². The lowest BCUT2D eigenvalue weighted by molar-refractivity contribution is -0.131. The topological polar surface area (TPSA) is 32.3 Å². The first-order chi connectivity index (χ1) is 9.08. The maximum atomic E-state index is 13.1. The molecule has 1 amide bonds. The zero-order valence-electron chi connectivity index (χ0n) is 11.6. The summed E-state index contributed by atoms with van der Waals surface area (Å²) in [6.07, 6.45) is 2.21. The molecule has 1 heterocycles. The van der Waals surface area contributed by atoms with Crippen molar-refractivity contribution in [3.05, 3.63) is 35.1 Å². The minimum Gasteiger partial charge on any atom is -0.341 e. The van der Waals surface area contributed by atoms with Gasteiger partial charge < -0.3 is 10.2 Å². The molecule has 19 heavy (non-hydrogen) atoms. The molecule has 2 rings (SSSR count). The molecule has 1 N–H and O–H groups in total. The molecule has 1 saturated heterocycles. The van der Waals surface area contributed by atoms with E-state index in [-0.39, 0.29) is 17.8 Å². The third kappa shape index (κ3) is 3.53. The molecule has 4 heteroatoms. The zero-order chi connectivity index (χ0) is 13.8. The van der Waals surface area contributed by atoms with Crippen LogP contribution in [0.25, 0.3) is 0 Å². The highest BCUT2D eigenvalue weighted by Crippen LogP contribution is 2.11. The fourth-order valence-electron chi connectivity index (χ4n) is 2.39. The number of aryl methyl sites for hydroxylation is 1. The Hall–Kier alpha value is -1.42. The molecule has 1 unspecified atom stereocenters. The molecule has 1 aliphatic rings. The van der Waals surface area contributed by atoms with Crippen LogP contribution in [0.4, 0.5) is 4.39 Å². The summed E-state index contributed by atoms with van der Waals surface area (Å²) in [5.41, 5.74) is 1.64. The first-order valence-electron chi connectivity index (χ1n) is 6.85. The highest BCUT2D eigenvalue weighted by atomic mass is 19.1. The Labute approximate surface area is 113 Å².